The largest absolute Gasteiger partial charge is 0.381 e. The number of nitrogens with one attached hydrogen (secondary N) is 1. The van der Waals surface area contributed by atoms with Gasteiger partial charge in [-0.1, -0.05) is 42.1 Å². The molecule has 124 valence electrons. The highest BCUT2D eigenvalue weighted by Crippen LogP contribution is 2.34. The Morgan fingerprint density at radius 2 is 2.00 bits per heavy atom. The maximum atomic E-state index is 12.2. The quantitative estimate of drug-likeness (QED) is 0.895. The van der Waals surface area contributed by atoms with Gasteiger partial charge in [0.05, 0.1) is 0 Å². The van der Waals surface area contributed by atoms with Gasteiger partial charge in [-0.05, 0) is 18.4 Å². The van der Waals surface area contributed by atoms with Crippen molar-refractivity contribution < 1.29 is 14.3 Å². The minimum Gasteiger partial charge on any atom is -0.381 e. The molecule has 2 heterocycles. The standard InChI is InChI=1S/C17H22N2O3S/c20-15(12-19-8-11-23-16(19)21)18-13-17(6-9-22-10-7-17)14-4-2-1-3-5-14/h1-5H,6-13H2,(H,18,20). The van der Waals surface area contributed by atoms with Crippen molar-refractivity contribution in [2.24, 2.45) is 0 Å². The molecule has 2 amide bonds. The summed E-state index contributed by atoms with van der Waals surface area (Å²) in [5, 5.41) is 3.05. The number of benzene rings is 1. The Kier molecular flexibility index (Phi) is 5.23. The second-order valence-electron chi connectivity index (χ2n) is 6.07. The van der Waals surface area contributed by atoms with Crippen molar-refractivity contribution in [1.29, 1.82) is 0 Å². The van der Waals surface area contributed by atoms with Crippen molar-refractivity contribution in [2.45, 2.75) is 18.3 Å². The minimum absolute atomic E-state index is 0.00369. The van der Waals surface area contributed by atoms with Gasteiger partial charge in [0.15, 0.2) is 0 Å². The molecule has 6 heteroatoms. The lowest BCUT2D eigenvalue weighted by atomic mass is 9.74. The number of amides is 2. The molecular weight excluding hydrogens is 312 g/mol. The molecule has 1 N–H and O–H groups in total. The van der Waals surface area contributed by atoms with Crippen LogP contribution in [0.2, 0.25) is 0 Å². The summed E-state index contributed by atoms with van der Waals surface area (Å²) in [4.78, 5) is 25.4. The third-order valence-electron chi connectivity index (χ3n) is 4.64. The highest BCUT2D eigenvalue weighted by atomic mass is 32.2. The number of rotatable bonds is 5. The first-order chi connectivity index (χ1) is 11.2. The van der Waals surface area contributed by atoms with E-state index >= 15 is 0 Å². The highest BCUT2D eigenvalue weighted by molar-refractivity contribution is 8.13. The lowest BCUT2D eigenvalue weighted by Gasteiger charge is -2.38. The first kappa shape index (κ1) is 16.3. The van der Waals surface area contributed by atoms with E-state index in [1.54, 1.807) is 4.90 Å². The van der Waals surface area contributed by atoms with E-state index in [1.165, 1.54) is 17.3 Å². The average Bonchev–Trinajstić information content (AvgIpc) is 2.99. The molecule has 0 atom stereocenters. The molecule has 23 heavy (non-hydrogen) atoms. The summed E-state index contributed by atoms with van der Waals surface area (Å²) in [5.41, 5.74) is 1.18. The van der Waals surface area contributed by atoms with Crippen molar-refractivity contribution in [2.75, 3.05) is 38.6 Å². The van der Waals surface area contributed by atoms with Crippen molar-refractivity contribution >= 4 is 22.9 Å². The number of thioether (sulfide) groups is 1. The predicted molar refractivity (Wildman–Crippen MR) is 90.6 cm³/mol. The van der Waals surface area contributed by atoms with Crippen LogP contribution in [0.3, 0.4) is 0 Å². The van der Waals surface area contributed by atoms with Crippen molar-refractivity contribution in [3.05, 3.63) is 35.9 Å². The van der Waals surface area contributed by atoms with Gasteiger partial charge < -0.3 is 15.0 Å². The van der Waals surface area contributed by atoms with Crippen LogP contribution in [-0.4, -0.2) is 54.6 Å². The maximum absolute atomic E-state index is 12.2. The van der Waals surface area contributed by atoms with Crippen LogP contribution < -0.4 is 5.32 Å². The fourth-order valence-corrected chi connectivity index (χ4v) is 4.01. The molecule has 0 radical (unpaired) electrons. The second-order valence-corrected chi connectivity index (χ2v) is 7.12. The van der Waals surface area contributed by atoms with Gasteiger partial charge in [0.2, 0.25) is 5.91 Å². The Labute approximate surface area is 140 Å². The summed E-state index contributed by atoms with van der Waals surface area (Å²) in [5.74, 6) is 0.694. The zero-order chi connectivity index (χ0) is 16.1. The molecule has 3 rings (SSSR count). The summed E-state index contributed by atoms with van der Waals surface area (Å²) >= 11 is 1.28. The Hall–Kier alpha value is -1.53. The Morgan fingerprint density at radius 1 is 1.26 bits per heavy atom. The number of hydrogen-bond donors (Lipinski definition) is 1. The van der Waals surface area contributed by atoms with Gasteiger partial charge in [-0.25, -0.2) is 0 Å². The SMILES string of the molecule is O=C(CN1CCSC1=O)NCC1(c2ccccc2)CCOCC1. The van der Waals surface area contributed by atoms with Crippen LogP contribution in [0.4, 0.5) is 4.79 Å². The molecule has 0 bridgehead atoms. The fraction of sp³-hybridized carbons (Fsp3) is 0.529. The van der Waals surface area contributed by atoms with E-state index in [-0.39, 0.29) is 23.1 Å². The smallest absolute Gasteiger partial charge is 0.282 e. The maximum Gasteiger partial charge on any atom is 0.282 e. The molecule has 2 fully saturated rings. The van der Waals surface area contributed by atoms with Crippen LogP contribution in [0.15, 0.2) is 30.3 Å². The number of ether oxygens (including phenoxy) is 1. The number of carbonyl (C=O) groups is 2. The molecule has 2 aliphatic rings. The van der Waals surface area contributed by atoms with Crippen molar-refractivity contribution in [3.63, 3.8) is 0 Å². The van der Waals surface area contributed by atoms with Gasteiger partial charge in [0.1, 0.15) is 6.54 Å². The van der Waals surface area contributed by atoms with Crippen LogP contribution >= 0.6 is 11.8 Å². The summed E-state index contributed by atoms with van der Waals surface area (Å²) in [7, 11) is 0. The molecule has 0 spiro atoms. The molecule has 1 aromatic rings. The van der Waals surface area contributed by atoms with Crippen molar-refractivity contribution in [1.82, 2.24) is 10.2 Å². The van der Waals surface area contributed by atoms with E-state index in [2.05, 4.69) is 17.4 Å². The molecule has 1 aromatic carbocycles. The van der Waals surface area contributed by atoms with Crippen LogP contribution in [0.25, 0.3) is 0 Å². The van der Waals surface area contributed by atoms with Gasteiger partial charge in [-0.2, -0.15) is 0 Å². The summed E-state index contributed by atoms with van der Waals surface area (Å²) in [6.07, 6.45) is 1.80. The van der Waals surface area contributed by atoms with Crippen molar-refractivity contribution in [3.8, 4) is 0 Å². The lowest BCUT2D eigenvalue weighted by molar-refractivity contribution is -0.122. The van der Waals surface area contributed by atoms with Gasteiger partial charge in [-0.15, -0.1) is 0 Å². The number of hydrogen-bond acceptors (Lipinski definition) is 4. The van der Waals surface area contributed by atoms with Crippen LogP contribution in [0, 0.1) is 0 Å². The molecule has 0 unspecified atom stereocenters. The molecule has 2 aliphatic heterocycles. The topological polar surface area (TPSA) is 58.6 Å². The molecule has 0 aliphatic carbocycles. The Morgan fingerprint density at radius 3 is 2.65 bits per heavy atom. The van der Waals surface area contributed by atoms with E-state index < -0.39 is 0 Å². The molecule has 2 saturated heterocycles. The van der Waals surface area contributed by atoms with Crippen LogP contribution in [-0.2, 0) is 14.9 Å². The highest BCUT2D eigenvalue weighted by Gasteiger charge is 2.35. The van der Waals surface area contributed by atoms with E-state index in [1.807, 2.05) is 18.2 Å². The number of carbonyl (C=O) groups excluding carboxylic acids is 2. The monoisotopic (exact) mass is 334 g/mol. The summed E-state index contributed by atoms with van der Waals surface area (Å²) in [6.45, 7) is 2.84. The van der Waals surface area contributed by atoms with Crippen LogP contribution in [0.1, 0.15) is 18.4 Å². The van der Waals surface area contributed by atoms with E-state index in [4.69, 9.17) is 4.74 Å². The second kappa shape index (κ2) is 7.36. The first-order valence-corrected chi connectivity index (χ1v) is 9.00. The third kappa shape index (κ3) is 3.87. The Balaban J connectivity index is 1.63. The van der Waals surface area contributed by atoms with Gasteiger partial charge in [0, 0.05) is 37.5 Å². The normalized spacial score (nSPS) is 20.5. The fourth-order valence-electron chi connectivity index (χ4n) is 3.19. The average molecular weight is 334 g/mol. The zero-order valence-corrected chi connectivity index (χ0v) is 13.9. The van der Waals surface area contributed by atoms with E-state index in [0.29, 0.717) is 26.3 Å². The summed E-state index contributed by atoms with van der Waals surface area (Å²) in [6, 6.07) is 10.3. The van der Waals surface area contributed by atoms with Gasteiger partial charge in [-0.3, -0.25) is 9.59 Å². The minimum atomic E-state index is -0.0809. The predicted octanol–water partition coefficient (Wildman–Crippen LogP) is 2.02. The zero-order valence-electron chi connectivity index (χ0n) is 13.1. The lowest BCUT2D eigenvalue weighted by Crippen LogP contribution is -2.47. The molecular formula is C17H22N2O3S. The first-order valence-electron chi connectivity index (χ1n) is 8.01. The molecule has 0 aromatic heterocycles. The van der Waals surface area contributed by atoms with Gasteiger partial charge >= 0.3 is 0 Å². The van der Waals surface area contributed by atoms with Crippen LogP contribution in [0.5, 0.6) is 0 Å². The summed E-state index contributed by atoms with van der Waals surface area (Å²) < 4.78 is 5.51. The van der Waals surface area contributed by atoms with E-state index in [9.17, 15) is 9.59 Å². The molecule has 0 saturated carbocycles. The molecule has 5 nitrogen and oxygen atoms in total. The van der Waals surface area contributed by atoms with Gasteiger partial charge in [0.25, 0.3) is 5.24 Å². The number of nitrogens with zero attached hydrogens (tertiary/aromatic N) is 1. The Bertz CT molecular complexity index is 558. The third-order valence-corrected chi connectivity index (χ3v) is 5.53. The van der Waals surface area contributed by atoms with E-state index in [0.717, 1.165) is 18.6 Å².